The van der Waals surface area contributed by atoms with E-state index in [0.717, 1.165) is 35.1 Å². The molecule has 5 nitrogen and oxygen atoms in total. The minimum atomic E-state index is 0.440. The first kappa shape index (κ1) is 14.8. The second-order valence-corrected chi connectivity index (χ2v) is 6.20. The maximum absolute atomic E-state index is 5.88. The number of hydrogen-bond donors (Lipinski definition) is 1. The van der Waals surface area contributed by atoms with Crippen molar-refractivity contribution in [2.75, 3.05) is 12.3 Å². The minimum absolute atomic E-state index is 0.440. The van der Waals surface area contributed by atoms with Crippen molar-refractivity contribution in [2.24, 2.45) is 5.92 Å². The van der Waals surface area contributed by atoms with Crippen molar-refractivity contribution in [1.82, 2.24) is 10.1 Å². The Morgan fingerprint density at radius 3 is 2.92 bits per heavy atom. The SMILES string of the molecule is Nc1ncccc1-c1cc(Cc2cccc(OCC3CC3)c2)no1. The molecule has 1 saturated carbocycles. The third-order valence-electron chi connectivity index (χ3n) is 4.13. The number of aromatic nitrogens is 2. The number of nitrogen functional groups attached to an aromatic ring is 1. The molecule has 2 N–H and O–H groups in total. The molecule has 0 spiro atoms. The summed E-state index contributed by atoms with van der Waals surface area (Å²) < 4.78 is 11.2. The van der Waals surface area contributed by atoms with Gasteiger partial charge in [-0.15, -0.1) is 0 Å². The first-order chi connectivity index (χ1) is 11.8. The van der Waals surface area contributed by atoms with Crippen molar-refractivity contribution in [1.29, 1.82) is 0 Å². The maximum atomic E-state index is 5.88. The number of ether oxygens (including phenoxy) is 1. The molecular formula is C19H19N3O2. The smallest absolute Gasteiger partial charge is 0.170 e. The highest BCUT2D eigenvalue weighted by Gasteiger charge is 2.21. The molecule has 122 valence electrons. The monoisotopic (exact) mass is 321 g/mol. The molecule has 2 aromatic heterocycles. The molecule has 1 fully saturated rings. The van der Waals surface area contributed by atoms with Crippen molar-refractivity contribution in [2.45, 2.75) is 19.3 Å². The van der Waals surface area contributed by atoms with Crippen molar-refractivity contribution in [3.63, 3.8) is 0 Å². The van der Waals surface area contributed by atoms with Gasteiger partial charge in [-0.1, -0.05) is 17.3 Å². The summed E-state index contributed by atoms with van der Waals surface area (Å²) in [6.07, 6.45) is 4.92. The van der Waals surface area contributed by atoms with Crippen molar-refractivity contribution < 1.29 is 9.26 Å². The Labute approximate surface area is 140 Å². The van der Waals surface area contributed by atoms with E-state index in [1.54, 1.807) is 6.20 Å². The van der Waals surface area contributed by atoms with Crippen LogP contribution in [0.15, 0.2) is 53.2 Å². The summed E-state index contributed by atoms with van der Waals surface area (Å²) in [6.45, 7) is 0.817. The average Bonchev–Trinajstić information content (AvgIpc) is 3.32. The summed E-state index contributed by atoms with van der Waals surface area (Å²) in [5, 5.41) is 4.14. The standard InChI is InChI=1S/C19H19N3O2/c20-19-17(5-2-8-21-19)18-11-15(22-24-18)9-14-3-1-4-16(10-14)23-12-13-6-7-13/h1-5,8,10-11,13H,6-7,9,12H2,(H2,20,21). The highest BCUT2D eigenvalue weighted by atomic mass is 16.5. The minimum Gasteiger partial charge on any atom is -0.493 e. The van der Waals surface area contributed by atoms with Crippen LogP contribution in [0.3, 0.4) is 0 Å². The van der Waals surface area contributed by atoms with Gasteiger partial charge >= 0.3 is 0 Å². The van der Waals surface area contributed by atoms with Crippen LogP contribution in [0, 0.1) is 5.92 Å². The molecule has 0 bridgehead atoms. The zero-order valence-electron chi connectivity index (χ0n) is 13.3. The van der Waals surface area contributed by atoms with Crippen molar-refractivity contribution in [3.8, 4) is 17.1 Å². The summed E-state index contributed by atoms with van der Waals surface area (Å²) in [6, 6.07) is 13.7. The lowest BCUT2D eigenvalue weighted by Crippen LogP contribution is -1.99. The zero-order valence-corrected chi connectivity index (χ0v) is 13.3. The van der Waals surface area contributed by atoms with Gasteiger partial charge in [0.05, 0.1) is 17.9 Å². The van der Waals surface area contributed by atoms with Crippen LogP contribution >= 0.6 is 0 Å². The topological polar surface area (TPSA) is 74.2 Å². The molecule has 2 heterocycles. The van der Waals surface area contributed by atoms with Gasteiger partial charge in [0.25, 0.3) is 0 Å². The molecule has 0 saturated heterocycles. The fourth-order valence-corrected chi connectivity index (χ4v) is 2.60. The number of benzene rings is 1. The Morgan fingerprint density at radius 1 is 1.17 bits per heavy atom. The Kier molecular flexibility index (Phi) is 3.91. The number of hydrogen-bond acceptors (Lipinski definition) is 5. The molecule has 1 aliphatic rings. The normalized spacial score (nSPS) is 13.8. The highest BCUT2D eigenvalue weighted by Crippen LogP contribution is 2.30. The van der Waals surface area contributed by atoms with E-state index in [-0.39, 0.29) is 0 Å². The van der Waals surface area contributed by atoms with E-state index in [2.05, 4.69) is 22.3 Å². The van der Waals surface area contributed by atoms with Gasteiger partial charge in [-0.3, -0.25) is 0 Å². The lowest BCUT2D eigenvalue weighted by molar-refractivity contribution is 0.299. The number of nitrogens with zero attached hydrogens (tertiary/aromatic N) is 2. The molecule has 0 atom stereocenters. The highest BCUT2D eigenvalue weighted by molar-refractivity contribution is 5.69. The van der Waals surface area contributed by atoms with Gasteiger partial charge < -0.3 is 15.0 Å². The molecule has 1 aliphatic carbocycles. The summed E-state index contributed by atoms with van der Waals surface area (Å²) in [4.78, 5) is 4.07. The lowest BCUT2D eigenvalue weighted by atomic mass is 10.1. The summed E-state index contributed by atoms with van der Waals surface area (Å²) >= 11 is 0. The largest absolute Gasteiger partial charge is 0.493 e. The van der Waals surface area contributed by atoms with Crippen LogP contribution in [0.2, 0.25) is 0 Å². The van der Waals surface area contributed by atoms with E-state index < -0.39 is 0 Å². The van der Waals surface area contributed by atoms with Crippen molar-refractivity contribution >= 4 is 5.82 Å². The lowest BCUT2D eigenvalue weighted by Gasteiger charge is -2.06. The molecule has 5 heteroatoms. The quantitative estimate of drug-likeness (QED) is 0.749. The van der Waals surface area contributed by atoms with Crippen LogP contribution in [0.4, 0.5) is 5.82 Å². The van der Waals surface area contributed by atoms with E-state index >= 15 is 0 Å². The Morgan fingerprint density at radius 2 is 2.08 bits per heavy atom. The van der Waals surface area contributed by atoms with Crippen LogP contribution in [-0.4, -0.2) is 16.7 Å². The van der Waals surface area contributed by atoms with Gasteiger partial charge in [0, 0.05) is 18.7 Å². The first-order valence-corrected chi connectivity index (χ1v) is 8.16. The molecule has 24 heavy (non-hydrogen) atoms. The summed E-state index contributed by atoms with van der Waals surface area (Å²) in [7, 11) is 0. The number of anilines is 1. The molecule has 3 aromatic rings. The number of rotatable bonds is 6. The predicted molar refractivity (Wildman–Crippen MR) is 91.6 cm³/mol. The van der Waals surface area contributed by atoms with E-state index in [1.807, 2.05) is 30.3 Å². The summed E-state index contributed by atoms with van der Waals surface area (Å²) in [5.41, 5.74) is 8.64. The van der Waals surface area contributed by atoms with Crippen LogP contribution in [0.1, 0.15) is 24.1 Å². The van der Waals surface area contributed by atoms with Crippen LogP contribution < -0.4 is 10.5 Å². The van der Waals surface area contributed by atoms with Gasteiger partial charge in [0.15, 0.2) is 5.76 Å². The van der Waals surface area contributed by atoms with Crippen LogP contribution in [0.25, 0.3) is 11.3 Å². The van der Waals surface area contributed by atoms with Gasteiger partial charge in [-0.2, -0.15) is 0 Å². The van der Waals surface area contributed by atoms with E-state index in [1.165, 1.54) is 12.8 Å². The van der Waals surface area contributed by atoms with Gasteiger partial charge in [0.2, 0.25) is 0 Å². The fraction of sp³-hybridized carbons (Fsp3) is 0.263. The third kappa shape index (κ3) is 3.40. The van der Waals surface area contributed by atoms with E-state index in [9.17, 15) is 0 Å². The molecule has 0 amide bonds. The summed E-state index contributed by atoms with van der Waals surface area (Å²) in [5.74, 6) is 2.74. The molecule has 0 radical (unpaired) electrons. The van der Waals surface area contributed by atoms with E-state index in [4.69, 9.17) is 15.0 Å². The van der Waals surface area contributed by atoms with Crippen LogP contribution in [0.5, 0.6) is 5.75 Å². The van der Waals surface area contributed by atoms with Gasteiger partial charge in [-0.25, -0.2) is 4.98 Å². The maximum Gasteiger partial charge on any atom is 0.170 e. The second-order valence-electron chi connectivity index (χ2n) is 6.20. The molecule has 0 unspecified atom stereocenters. The van der Waals surface area contributed by atoms with Gasteiger partial charge in [0.1, 0.15) is 11.6 Å². The zero-order chi connectivity index (χ0) is 16.4. The molecule has 0 aliphatic heterocycles. The molecule has 4 rings (SSSR count). The molecule has 1 aromatic carbocycles. The first-order valence-electron chi connectivity index (χ1n) is 8.16. The number of pyridine rings is 1. The predicted octanol–water partition coefficient (Wildman–Crippen LogP) is 3.70. The third-order valence-corrected chi connectivity index (χ3v) is 4.13. The Hall–Kier alpha value is -2.82. The Bertz CT molecular complexity index is 840. The second kappa shape index (κ2) is 6.35. The fourth-order valence-electron chi connectivity index (χ4n) is 2.60. The van der Waals surface area contributed by atoms with Crippen molar-refractivity contribution in [3.05, 3.63) is 59.9 Å². The molecular weight excluding hydrogens is 302 g/mol. The van der Waals surface area contributed by atoms with Gasteiger partial charge in [-0.05, 0) is 48.6 Å². The number of nitrogens with two attached hydrogens (primary N) is 1. The van der Waals surface area contributed by atoms with E-state index in [0.29, 0.717) is 18.0 Å². The Balaban J connectivity index is 1.47. The van der Waals surface area contributed by atoms with Crippen LogP contribution in [-0.2, 0) is 6.42 Å². The average molecular weight is 321 g/mol.